The van der Waals surface area contributed by atoms with Gasteiger partial charge in [-0.3, -0.25) is 4.79 Å². The maximum absolute atomic E-state index is 12.0. The van der Waals surface area contributed by atoms with Gasteiger partial charge >= 0.3 is 0 Å². The highest BCUT2D eigenvalue weighted by Crippen LogP contribution is 2.18. The summed E-state index contributed by atoms with van der Waals surface area (Å²) in [6, 6.07) is 13.6. The van der Waals surface area contributed by atoms with Crippen molar-refractivity contribution in [3.8, 4) is 5.75 Å². The van der Waals surface area contributed by atoms with Crippen LogP contribution in [0.15, 0.2) is 48.5 Å². The van der Waals surface area contributed by atoms with Crippen molar-refractivity contribution in [2.24, 2.45) is 0 Å². The van der Waals surface area contributed by atoms with Gasteiger partial charge in [0.1, 0.15) is 5.75 Å². The number of hydrogen-bond donors (Lipinski definition) is 1. The summed E-state index contributed by atoms with van der Waals surface area (Å²) in [5.74, 6) is 0.717. The van der Waals surface area contributed by atoms with Crippen LogP contribution in [0.4, 0.5) is 5.69 Å². The lowest BCUT2D eigenvalue weighted by Gasteiger charge is -2.08. The summed E-state index contributed by atoms with van der Waals surface area (Å²) in [5, 5.41) is 2.91. The van der Waals surface area contributed by atoms with Gasteiger partial charge in [-0.05, 0) is 61.2 Å². The molecule has 0 saturated heterocycles. The lowest BCUT2D eigenvalue weighted by molar-refractivity contribution is -0.111. The van der Waals surface area contributed by atoms with Crippen molar-refractivity contribution in [3.63, 3.8) is 0 Å². The van der Waals surface area contributed by atoms with E-state index in [2.05, 4.69) is 12.2 Å². The third kappa shape index (κ3) is 4.99. The summed E-state index contributed by atoms with van der Waals surface area (Å²) >= 11 is 0. The highest BCUT2D eigenvalue weighted by Gasteiger charge is 2.03. The van der Waals surface area contributed by atoms with Crippen LogP contribution in [0.1, 0.15) is 30.0 Å². The molecule has 0 aliphatic carbocycles. The Morgan fingerprint density at radius 1 is 1.13 bits per heavy atom. The Bertz CT molecular complexity index is 687. The lowest BCUT2D eigenvalue weighted by atomic mass is 10.1. The summed E-state index contributed by atoms with van der Waals surface area (Å²) in [4.78, 5) is 12.0. The minimum atomic E-state index is -0.134. The topological polar surface area (TPSA) is 38.3 Å². The van der Waals surface area contributed by atoms with Crippen LogP contribution in [0, 0.1) is 13.8 Å². The van der Waals surface area contributed by atoms with Crippen LogP contribution in [0.2, 0.25) is 0 Å². The Balaban J connectivity index is 1.96. The van der Waals surface area contributed by atoms with Crippen LogP contribution in [-0.2, 0) is 4.79 Å². The molecule has 0 radical (unpaired) electrons. The fourth-order valence-corrected chi connectivity index (χ4v) is 2.13. The number of amides is 1. The van der Waals surface area contributed by atoms with Crippen LogP contribution in [0.5, 0.6) is 5.75 Å². The lowest BCUT2D eigenvalue weighted by Crippen LogP contribution is -2.09. The highest BCUT2D eigenvalue weighted by atomic mass is 16.5. The number of nitrogens with one attached hydrogen (secondary N) is 1. The molecular formula is C20H23NO2. The molecule has 0 aliphatic rings. The average Bonchev–Trinajstić information content (AvgIpc) is 2.56. The molecule has 1 amide bonds. The maximum Gasteiger partial charge on any atom is 0.248 e. The number of aryl methyl sites for hydroxylation is 1. The molecule has 120 valence electrons. The first-order valence-electron chi connectivity index (χ1n) is 7.88. The summed E-state index contributed by atoms with van der Waals surface area (Å²) in [6.07, 6.45) is 4.33. The molecule has 0 bridgehead atoms. The minimum absolute atomic E-state index is 0.134. The minimum Gasteiger partial charge on any atom is -0.494 e. The standard InChI is InChI=1S/C20H23NO2/c1-4-14-23-18-11-8-17(9-12-18)10-13-20(22)21-19-7-5-6-15(2)16(19)3/h5-13H,4,14H2,1-3H3,(H,21,22). The van der Waals surface area contributed by atoms with Crippen LogP contribution in [-0.4, -0.2) is 12.5 Å². The van der Waals surface area contributed by atoms with Gasteiger partial charge in [0.15, 0.2) is 0 Å². The van der Waals surface area contributed by atoms with Crippen molar-refractivity contribution in [3.05, 3.63) is 65.2 Å². The van der Waals surface area contributed by atoms with Crippen molar-refractivity contribution < 1.29 is 9.53 Å². The second-order valence-corrected chi connectivity index (χ2v) is 5.49. The quantitative estimate of drug-likeness (QED) is 0.782. The van der Waals surface area contributed by atoms with Gasteiger partial charge in [-0.2, -0.15) is 0 Å². The van der Waals surface area contributed by atoms with Gasteiger partial charge in [-0.1, -0.05) is 31.2 Å². The Labute approximate surface area is 138 Å². The zero-order valence-corrected chi connectivity index (χ0v) is 13.9. The summed E-state index contributed by atoms with van der Waals surface area (Å²) < 4.78 is 5.54. The molecule has 2 rings (SSSR count). The molecule has 0 unspecified atom stereocenters. The van der Waals surface area contributed by atoms with E-state index in [0.29, 0.717) is 6.61 Å². The van der Waals surface area contributed by atoms with Crippen molar-refractivity contribution in [1.29, 1.82) is 0 Å². The molecule has 3 heteroatoms. The number of carbonyl (C=O) groups excluding carboxylic acids is 1. The summed E-state index contributed by atoms with van der Waals surface area (Å²) in [7, 11) is 0. The molecule has 0 atom stereocenters. The fraction of sp³-hybridized carbons (Fsp3) is 0.250. The van der Waals surface area contributed by atoms with E-state index in [4.69, 9.17) is 4.74 Å². The fourth-order valence-electron chi connectivity index (χ4n) is 2.13. The molecule has 0 aliphatic heterocycles. The highest BCUT2D eigenvalue weighted by molar-refractivity contribution is 6.02. The molecule has 2 aromatic rings. The Morgan fingerprint density at radius 2 is 1.87 bits per heavy atom. The van der Waals surface area contributed by atoms with Gasteiger partial charge in [0.05, 0.1) is 6.61 Å². The number of benzene rings is 2. The number of anilines is 1. The normalized spacial score (nSPS) is 10.7. The van der Waals surface area contributed by atoms with Crippen LogP contribution in [0.3, 0.4) is 0 Å². The molecule has 23 heavy (non-hydrogen) atoms. The van der Waals surface area contributed by atoms with Gasteiger partial charge in [0.25, 0.3) is 0 Å². The first kappa shape index (κ1) is 16.8. The molecule has 1 N–H and O–H groups in total. The predicted molar refractivity (Wildman–Crippen MR) is 95.8 cm³/mol. The number of hydrogen-bond acceptors (Lipinski definition) is 2. The van der Waals surface area contributed by atoms with E-state index in [1.807, 2.05) is 56.3 Å². The van der Waals surface area contributed by atoms with Crippen LogP contribution >= 0.6 is 0 Å². The molecule has 0 fully saturated rings. The van der Waals surface area contributed by atoms with E-state index in [-0.39, 0.29) is 5.91 Å². The van der Waals surface area contributed by atoms with Gasteiger partial charge in [-0.25, -0.2) is 0 Å². The van der Waals surface area contributed by atoms with E-state index in [1.54, 1.807) is 12.2 Å². The van der Waals surface area contributed by atoms with E-state index >= 15 is 0 Å². The largest absolute Gasteiger partial charge is 0.494 e. The van der Waals surface area contributed by atoms with Crippen LogP contribution < -0.4 is 10.1 Å². The van der Waals surface area contributed by atoms with E-state index in [1.165, 1.54) is 0 Å². The zero-order valence-electron chi connectivity index (χ0n) is 13.9. The van der Waals surface area contributed by atoms with E-state index in [0.717, 1.165) is 34.5 Å². The molecule has 0 heterocycles. The second-order valence-electron chi connectivity index (χ2n) is 5.49. The van der Waals surface area contributed by atoms with Crippen molar-refractivity contribution in [1.82, 2.24) is 0 Å². The third-order valence-electron chi connectivity index (χ3n) is 3.64. The number of carbonyl (C=O) groups is 1. The van der Waals surface area contributed by atoms with Gasteiger partial charge in [-0.15, -0.1) is 0 Å². The van der Waals surface area contributed by atoms with Gasteiger partial charge < -0.3 is 10.1 Å². The molecular weight excluding hydrogens is 286 g/mol. The average molecular weight is 309 g/mol. The first-order chi connectivity index (χ1) is 11.1. The molecule has 2 aromatic carbocycles. The maximum atomic E-state index is 12.0. The Morgan fingerprint density at radius 3 is 2.57 bits per heavy atom. The predicted octanol–water partition coefficient (Wildman–Crippen LogP) is 4.74. The zero-order chi connectivity index (χ0) is 16.7. The van der Waals surface area contributed by atoms with Crippen molar-refractivity contribution >= 4 is 17.7 Å². The number of rotatable bonds is 6. The molecule has 0 aromatic heterocycles. The van der Waals surface area contributed by atoms with E-state index < -0.39 is 0 Å². The van der Waals surface area contributed by atoms with Gasteiger partial charge in [0, 0.05) is 11.8 Å². The Kier molecular flexibility index (Phi) is 5.98. The summed E-state index contributed by atoms with van der Waals surface area (Å²) in [5.41, 5.74) is 4.06. The molecule has 3 nitrogen and oxygen atoms in total. The monoisotopic (exact) mass is 309 g/mol. The third-order valence-corrected chi connectivity index (χ3v) is 3.64. The SMILES string of the molecule is CCCOc1ccc(C=CC(=O)Nc2cccc(C)c2C)cc1. The summed E-state index contributed by atoms with van der Waals surface area (Å²) in [6.45, 7) is 6.83. The van der Waals surface area contributed by atoms with E-state index in [9.17, 15) is 4.79 Å². The Hall–Kier alpha value is -2.55. The second kappa shape index (κ2) is 8.18. The first-order valence-corrected chi connectivity index (χ1v) is 7.88. The van der Waals surface area contributed by atoms with Crippen LogP contribution in [0.25, 0.3) is 6.08 Å². The molecule has 0 saturated carbocycles. The molecule has 0 spiro atoms. The van der Waals surface area contributed by atoms with Crippen molar-refractivity contribution in [2.45, 2.75) is 27.2 Å². The van der Waals surface area contributed by atoms with Gasteiger partial charge in [0.2, 0.25) is 5.91 Å². The smallest absolute Gasteiger partial charge is 0.248 e. The van der Waals surface area contributed by atoms with Crippen molar-refractivity contribution in [2.75, 3.05) is 11.9 Å². The number of ether oxygens (including phenoxy) is 1.